The van der Waals surface area contributed by atoms with Gasteiger partial charge in [0.15, 0.2) is 0 Å². The largest absolute Gasteiger partial charge is 0.337 e. The van der Waals surface area contributed by atoms with Gasteiger partial charge in [-0.15, -0.1) is 0 Å². The molecule has 2 aromatic rings. The third kappa shape index (κ3) is 1.99. The minimum atomic E-state index is -0.645. The van der Waals surface area contributed by atoms with Crippen molar-refractivity contribution >= 4 is 0 Å². The van der Waals surface area contributed by atoms with Crippen LogP contribution in [0.5, 0.6) is 0 Å². The van der Waals surface area contributed by atoms with E-state index in [4.69, 9.17) is 10.3 Å². The zero-order valence-corrected chi connectivity index (χ0v) is 8.51. The van der Waals surface area contributed by atoms with Crippen molar-refractivity contribution in [1.29, 1.82) is 0 Å². The number of hydrogen-bond acceptors (Lipinski definition) is 6. The second-order valence-corrected chi connectivity index (χ2v) is 3.74. The van der Waals surface area contributed by atoms with Gasteiger partial charge in [0.2, 0.25) is 11.7 Å². The summed E-state index contributed by atoms with van der Waals surface area (Å²) in [6.45, 7) is 3.59. The topological polar surface area (TPSA) is 90.7 Å². The Hall–Kier alpha value is -1.82. The minimum absolute atomic E-state index is 0.378. The smallest absolute Gasteiger partial charge is 0.246 e. The van der Waals surface area contributed by atoms with Crippen molar-refractivity contribution in [2.75, 3.05) is 0 Å². The lowest BCUT2D eigenvalue weighted by Crippen LogP contribution is -2.28. The van der Waals surface area contributed by atoms with E-state index in [2.05, 4.69) is 20.1 Å². The van der Waals surface area contributed by atoms with E-state index in [1.807, 2.05) is 0 Å². The molecule has 0 spiro atoms. The molecule has 2 rings (SSSR count). The Morgan fingerprint density at radius 2 is 2.13 bits per heavy atom. The van der Waals surface area contributed by atoms with Gasteiger partial charge in [-0.3, -0.25) is 4.98 Å². The molecule has 0 radical (unpaired) electrons. The molecule has 2 heterocycles. The van der Waals surface area contributed by atoms with E-state index in [1.54, 1.807) is 32.4 Å². The Bertz CT molecular complexity index is 445. The molecule has 15 heavy (non-hydrogen) atoms. The van der Waals surface area contributed by atoms with Crippen LogP contribution in [0, 0.1) is 0 Å². The molecule has 2 aromatic heterocycles. The number of rotatable bonds is 2. The van der Waals surface area contributed by atoms with E-state index >= 15 is 0 Å². The van der Waals surface area contributed by atoms with E-state index < -0.39 is 5.54 Å². The Balaban J connectivity index is 2.37. The molecule has 0 aliphatic rings. The maximum absolute atomic E-state index is 5.82. The Labute approximate surface area is 86.5 Å². The van der Waals surface area contributed by atoms with Crippen LogP contribution in [-0.4, -0.2) is 20.1 Å². The predicted molar refractivity (Wildman–Crippen MR) is 52.5 cm³/mol. The van der Waals surface area contributed by atoms with Crippen LogP contribution < -0.4 is 5.73 Å². The predicted octanol–water partition coefficient (Wildman–Crippen LogP) is 0.720. The summed E-state index contributed by atoms with van der Waals surface area (Å²) < 4.78 is 5.03. The second-order valence-electron chi connectivity index (χ2n) is 3.74. The van der Waals surface area contributed by atoms with Crippen molar-refractivity contribution in [3.05, 3.63) is 24.5 Å². The fraction of sp³-hybridized carbons (Fsp3) is 0.333. The van der Waals surface area contributed by atoms with Crippen LogP contribution in [0.2, 0.25) is 0 Å². The van der Waals surface area contributed by atoms with E-state index in [-0.39, 0.29) is 0 Å². The summed E-state index contributed by atoms with van der Waals surface area (Å²) >= 11 is 0. The lowest BCUT2D eigenvalue weighted by molar-refractivity contribution is 0.312. The molecule has 78 valence electrons. The van der Waals surface area contributed by atoms with Crippen molar-refractivity contribution in [2.24, 2.45) is 5.73 Å². The molecule has 0 aliphatic carbocycles. The highest BCUT2D eigenvalue weighted by Crippen LogP contribution is 2.18. The maximum atomic E-state index is 5.82. The molecule has 6 heteroatoms. The lowest BCUT2D eigenvalue weighted by atomic mass is 10.1. The van der Waals surface area contributed by atoms with Crippen LogP contribution in [0.15, 0.2) is 23.1 Å². The van der Waals surface area contributed by atoms with Crippen LogP contribution in [0.3, 0.4) is 0 Å². The molecular weight excluding hydrogens is 194 g/mol. The third-order valence-corrected chi connectivity index (χ3v) is 1.77. The standard InChI is InChI=1S/C9H11N5O/c1-9(2,10)8-13-7(14-15-8)6-5-11-3-4-12-6/h3-5H,10H2,1-2H3. The molecular formula is C9H11N5O. The fourth-order valence-electron chi connectivity index (χ4n) is 1.00. The van der Waals surface area contributed by atoms with Gasteiger partial charge in [-0.1, -0.05) is 5.16 Å². The average molecular weight is 205 g/mol. The zero-order valence-electron chi connectivity index (χ0n) is 8.51. The van der Waals surface area contributed by atoms with Crippen molar-refractivity contribution in [1.82, 2.24) is 20.1 Å². The van der Waals surface area contributed by atoms with Gasteiger partial charge in [-0.05, 0) is 13.8 Å². The molecule has 0 atom stereocenters. The van der Waals surface area contributed by atoms with E-state index in [0.717, 1.165) is 0 Å². The van der Waals surface area contributed by atoms with Crippen molar-refractivity contribution in [3.8, 4) is 11.5 Å². The molecule has 6 nitrogen and oxygen atoms in total. The fourth-order valence-corrected chi connectivity index (χ4v) is 1.00. The zero-order chi connectivity index (χ0) is 10.9. The summed E-state index contributed by atoms with van der Waals surface area (Å²) in [7, 11) is 0. The van der Waals surface area contributed by atoms with Gasteiger partial charge in [0.05, 0.1) is 11.7 Å². The summed E-state index contributed by atoms with van der Waals surface area (Å²) in [5, 5.41) is 3.78. The molecule has 0 amide bonds. The van der Waals surface area contributed by atoms with Crippen LogP contribution in [0.25, 0.3) is 11.5 Å². The van der Waals surface area contributed by atoms with Gasteiger partial charge >= 0.3 is 0 Å². The van der Waals surface area contributed by atoms with E-state index in [0.29, 0.717) is 17.4 Å². The van der Waals surface area contributed by atoms with Gasteiger partial charge in [0.1, 0.15) is 5.69 Å². The average Bonchev–Trinajstić information content (AvgIpc) is 2.67. The Morgan fingerprint density at radius 1 is 1.33 bits per heavy atom. The SMILES string of the molecule is CC(C)(N)c1nc(-c2cnccn2)no1. The number of nitrogens with two attached hydrogens (primary N) is 1. The van der Waals surface area contributed by atoms with Crippen molar-refractivity contribution < 1.29 is 4.52 Å². The van der Waals surface area contributed by atoms with Crippen LogP contribution in [0.4, 0.5) is 0 Å². The van der Waals surface area contributed by atoms with Crippen molar-refractivity contribution in [2.45, 2.75) is 19.4 Å². The van der Waals surface area contributed by atoms with Gasteiger partial charge in [0.25, 0.3) is 0 Å². The molecule has 0 fully saturated rings. The first-order valence-corrected chi connectivity index (χ1v) is 4.47. The summed E-state index contributed by atoms with van der Waals surface area (Å²) in [5.41, 5.74) is 5.74. The van der Waals surface area contributed by atoms with Gasteiger partial charge in [-0.2, -0.15) is 4.98 Å². The van der Waals surface area contributed by atoms with Gasteiger partial charge in [-0.25, -0.2) is 4.98 Å². The summed E-state index contributed by atoms with van der Waals surface area (Å²) in [6.07, 6.45) is 4.72. The molecule has 0 saturated heterocycles. The van der Waals surface area contributed by atoms with Crippen LogP contribution >= 0.6 is 0 Å². The van der Waals surface area contributed by atoms with E-state index in [1.165, 1.54) is 0 Å². The highest BCUT2D eigenvalue weighted by Gasteiger charge is 2.22. The highest BCUT2D eigenvalue weighted by atomic mass is 16.5. The van der Waals surface area contributed by atoms with Crippen molar-refractivity contribution in [3.63, 3.8) is 0 Å². The number of aromatic nitrogens is 4. The van der Waals surface area contributed by atoms with Gasteiger partial charge in [0, 0.05) is 12.4 Å². The molecule has 0 saturated carbocycles. The first-order valence-electron chi connectivity index (χ1n) is 4.47. The Morgan fingerprint density at radius 3 is 2.67 bits per heavy atom. The monoisotopic (exact) mass is 205 g/mol. The molecule has 0 aliphatic heterocycles. The molecule has 0 bridgehead atoms. The molecule has 2 N–H and O–H groups in total. The Kier molecular flexibility index (Phi) is 2.20. The third-order valence-electron chi connectivity index (χ3n) is 1.77. The maximum Gasteiger partial charge on any atom is 0.246 e. The van der Waals surface area contributed by atoms with E-state index in [9.17, 15) is 0 Å². The first-order chi connectivity index (χ1) is 7.07. The lowest BCUT2D eigenvalue weighted by Gasteiger charge is -2.10. The normalized spacial score (nSPS) is 11.7. The summed E-state index contributed by atoms with van der Waals surface area (Å²) in [4.78, 5) is 12.1. The molecule has 0 aromatic carbocycles. The van der Waals surface area contributed by atoms with Gasteiger partial charge < -0.3 is 10.3 Å². The number of nitrogens with zero attached hydrogens (tertiary/aromatic N) is 4. The summed E-state index contributed by atoms with van der Waals surface area (Å²) in [5.74, 6) is 0.778. The first kappa shape index (κ1) is 9.72. The highest BCUT2D eigenvalue weighted by molar-refractivity contribution is 5.45. The molecule has 0 unspecified atom stereocenters. The van der Waals surface area contributed by atoms with Crippen LogP contribution in [0.1, 0.15) is 19.7 Å². The second kappa shape index (κ2) is 3.39. The van der Waals surface area contributed by atoms with Crippen LogP contribution in [-0.2, 0) is 5.54 Å². The summed E-state index contributed by atoms with van der Waals surface area (Å²) in [6, 6.07) is 0. The quantitative estimate of drug-likeness (QED) is 0.776. The minimum Gasteiger partial charge on any atom is -0.337 e. The number of hydrogen-bond donors (Lipinski definition) is 1.